The van der Waals surface area contributed by atoms with Crippen molar-refractivity contribution in [1.29, 1.82) is 0 Å². The molecule has 0 aromatic heterocycles. The molecule has 1 rings (SSSR count). The number of carbonyl (C=O) groups excluding carboxylic acids is 2. The van der Waals surface area contributed by atoms with Crippen LogP contribution in [0.5, 0.6) is 11.5 Å². The van der Waals surface area contributed by atoms with Crippen LogP contribution in [0.3, 0.4) is 0 Å². The van der Waals surface area contributed by atoms with Crippen LogP contribution in [0.1, 0.15) is 23.7 Å². The van der Waals surface area contributed by atoms with Crippen molar-refractivity contribution >= 4 is 23.4 Å². The summed E-state index contributed by atoms with van der Waals surface area (Å²) < 4.78 is 10.3. The van der Waals surface area contributed by atoms with E-state index >= 15 is 0 Å². The van der Waals surface area contributed by atoms with E-state index in [1.54, 1.807) is 0 Å². The van der Waals surface area contributed by atoms with Crippen LogP contribution in [0.25, 0.3) is 0 Å². The Balaban J connectivity index is 2.87. The van der Waals surface area contributed by atoms with Crippen molar-refractivity contribution in [2.75, 3.05) is 20.3 Å². The molecule has 0 aliphatic rings. The standard InChI is InChI=1S/C14H20ClN3O4/c1-8(16)3-4-18-14(20)9-5-10(15)13(11(6-9)21-2)22-7-12(17)19/h5-6,8H,3-4,7,16H2,1-2H3,(H2,17,19)(H,18,20). The molecule has 0 saturated heterocycles. The van der Waals surface area contributed by atoms with Crippen LogP contribution in [0.2, 0.25) is 5.02 Å². The molecule has 1 aromatic carbocycles. The van der Waals surface area contributed by atoms with Gasteiger partial charge in [0, 0.05) is 18.2 Å². The van der Waals surface area contributed by atoms with Crippen molar-refractivity contribution in [2.45, 2.75) is 19.4 Å². The minimum Gasteiger partial charge on any atom is -0.493 e. The van der Waals surface area contributed by atoms with Gasteiger partial charge in [-0.3, -0.25) is 9.59 Å². The molecule has 0 spiro atoms. The summed E-state index contributed by atoms with van der Waals surface area (Å²) in [5, 5.41) is 2.88. The van der Waals surface area contributed by atoms with E-state index in [1.165, 1.54) is 19.2 Å². The number of nitrogens with one attached hydrogen (secondary N) is 1. The number of benzene rings is 1. The summed E-state index contributed by atoms with van der Waals surface area (Å²) in [4.78, 5) is 22.8. The third kappa shape index (κ3) is 5.42. The number of halogens is 1. The molecule has 0 heterocycles. The Bertz CT molecular complexity index is 549. The van der Waals surface area contributed by atoms with Crippen LogP contribution >= 0.6 is 11.6 Å². The number of nitrogens with two attached hydrogens (primary N) is 2. The van der Waals surface area contributed by atoms with Gasteiger partial charge in [0.2, 0.25) is 0 Å². The highest BCUT2D eigenvalue weighted by atomic mass is 35.5. The average molecular weight is 330 g/mol. The van der Waals surface area contributed by atoms with Gasteiger partial charge in [-0.2, -0.15) is 0 Å². The fraction of sp³-hybridized carbons (Fsp3) is 0.429. The van der Waals surface area contributed by atoms with Crippen LogP contribution in [-0.2, 0) is 4.79 Å². The van der Waals surface area contributed by atoms with Crippen molar-refractivity contribution in [1.82, 2.24) is 5.32 Å². The third-order valence-electron chi connectivity index (χ3n) is 2.74. The van der Waals surface area contributed by atoms with Crippen molar-refractivity contribution in [3.63, 3.8) is 0 Å². The van der Waals surface area contributed by atoms with Gasteiger partial charge in [-0.25, -0.2) is 0 Å². The maximum absolute atomic E-state index is 12.0. The van der Waals surface area contributed by atoms with Gasteiger partial charge in [-0.1, -0.05) is 11.6 Å². The second-order valence-electron chi connectivity index (χ2n) is 4.77. The predicted octanol–water partition coefficient (Wildman–Crippen LogP) is 0.680. The zero-order valence-corrected chi connectivity index (χ0v) is 13.3. The van der Waals surface area contributed by atoms with E-state index in [4.69, 9.17) is 32.5 Å². The Hall–Kier alpha value is -1.99. The lowest BCUT2D eigenvalue weighted by Crippen LogP contribution is -2.29. The summed E-state index contributed by atoms with van der Waals surface area (Å²) >= 11 is 6.07. The maximum Gasteiger partial charge on any atom is 0.255 e. The molecule has 0 fully saturated rings. The molecule has 5 N–H and O–H groups in total. The first-order valence-electron chi connectivity index (χ1n) is 6.67. The summed E-state index contributed by atoms with van der Waals surface area (Å²) in [6.07, 6.45) is 0.663. The number of hydrogen-bond donors (Lipinski definition) is 3. The highest BCUT2D eigenvalue weighted by Gasteiger charge is 2.16. The number of carbonyl (C=O) groups is 2. The molecule has 0 radical (unpaired) electrons. The van der Waals surface area contributed by atoms with Crippen LogP contribution < -0.4 is 26.3 Å². The van der Waals surface area contributed by atoms with Crippen LogP contribution in [0.15, 0.2) is 12.1 Å². The fourth-order valence-corrected chi connectivity index (χ4v) is 1.91. The Morgan fingerprint density at radius 2 is 2.09 bits per heavy atom. The maximum atomic E-state index is 12.0. The molecule has 0 aliphatic carbocycles. The van der Waals surface area contributed by atoms with Gasteiger partial charge in [0.1, 0.15) is 0 Å². The Morgan fingerprint density at radius 1 is 1.41 bits per heavy atom. The van der Waals surface area contributed by atoms with Gasteiger partial charge in [0.15, 0.2) is 18.1 Å². The summed E-state index contributed by atoms with van der Waals surface area (Å²) in [5.74, 6) is -0.542. The normalized spacial score (nSPS) is 11.6. The SMILES string of the molecule is COc1cc(C(=O)NCCC(C)N)cc(Cl)c1OCC(N)=O. The summed E-state index contributed by atoms with van der Waals surface area (Å²) in [5.41, 5.74) is 11.0. The van der Waals surface area contributed by atoms with E-state index in [0.29, 0.717) is 18.5 Å². The summed E-state index contributed by atoms with van der Waals surface area (Å²) in [6, 6.07) is 2.91. The van der Waals surface area contributed by atoms with Gasteiger partial charge < -0.3 is 26.3 Å². The van der Waals surface area contributed by atoms with Crippen molar-refractivity contribution in [2.24, 2.45) is 11.5 Å². The first-order valence-corrected chi connectivity index (χ1v) is 7.05. The molecule has 0 saturated carbocycles. The van der Waals surface area contributed by atoms with Crippen LogP contribution in [0, 0.1) is 0 Å². The van der Waals surface area contributed by atoms with Gasteiger partial charge in [0.25, 0.3) is 11.8 Å². The highest BCUT2D eigenvalue weighted by Crippen LogP contribution is 2.36. The minimum absolute atomic E-state index is 0.00278. The molecule has 1 unspecified atom stereocenters. The number of methoxy groups -OCH3 is 1. The molecule has 1 aromatic rings. The lowest BCUT2D eigenvalue weighted by Gasteiger charge is -2.13. The lowest BCUT2D eigenvalue weighted by atomic mass is 10.1. The molecule has 8 heteroatoms. The first-order chi connectivity index (χ1) is 10.3. The van der Waals surface area contributed by atoms with E-state index < -0.39 is 5.91 Å². The van der Waals surface area contributed by atoms with Crippen LogP contribution in [-0.4, -0.2) is 38.1 Å². The van der Waals surface area contributed by atoms with E-state index in [9.17, 15) is 9.59 Å². The second-order valence-corrected chi connectivity index (χ2v) is 5.17. The molecule has 1 atom stereocenters. The molecule has 7 nitrogen and oxygen atoms in total. The Morgan fingerprint density at radius 3 is 2.64 bits per heavy atom. The molecule has 0 aliphatic heterocycles. The van der Waals surface area contributed by atoms with E-state index in [0.717, 1.165) is 0 Å². The number of ether oxygens (including phenoxy) is 2. The second kappa shape index (κ2) is 8.45. The average Bonchev–Trinajstić information content (AvgIpc) is 2.44. The smallest absolute Gasteiger partial charge is 0.255 e. The van der Waals surface area contributed by atoms with Crippen molar-refractivity contribution in [3.8, 4) is 11.5 Å². The molecule has 22 heavy (non-hydrogen) atoms. The van der Waals surface area contributed by atoms with E-state index in [2.05, 4.69) is 5.32 Å². The predicted molar refractivity (Wildman–Crippen MR) is 83.3 cm³/mol. The monoisotopic (exact) mass is 329 g/mol. The van der Waals surface area contributed by atoms with Crippen molar-refractivity contribution < 1.29 is 19.1 Å². The van der Waals surface area contributed by atoms with Crippen molar-refractivity contribution in [3.05, 3.63) is 22.7 Å². The van der Waals surface area contributed by atoms with Gasteiger partial charge in [0.05, 0.1) is 12.1 Å². The molecule has 2 amide bonds. The van der Waals surface area contributed by atoms with E-state index in [-0.39, 0.29) is 35.1 Å². The highest BCUT2D eigenvalue weighted by molar-refractivity contribution is 6.32. The Labute approximate surface area is 133 Å². The van der Waals surface area contributed by atoms with Crippen LogP contribution in [0.4, 0.5) is 0 Å². The molecule has 122 valence electrons. The summed E-state index contributed by atoms with van der Waals surface area (Å²) in [7, 11) is 1.40. The lowest BCUT2D eigenvalue weighted by molar-refractivity contribution is -0.119. The Kier molecular flexibility index (Phi) is 6.94. The first kappa shape index (κ1) is 18.1. The number of hydrogen-bond acceptors (Lipinski definition) is 5. The van der Waals surface area contributed by atoms with Gasteiger partial charge >= 0.3 is 0 Å². The topological polar surface area (TPSA) is 117 Å². The number of primary amides is 1. The largest absolute Gasteiger partial charge is 0.493 e. The van der Waals surface area contributed by atoms with Gasteiger partial charge in [-0.05, 0) is 25.5 Å². The molecular weight excluding hydrogens is 310 g/mol. The number of rotatable bonds is 8. The molecule has 0 bridgehead atoms. The molecular formula is C14H20ClN3O4. The number of amides is 2. The van der Waals surface area contributed by atoms with E-state index in [1.807, 2.05) is 6.92 Å². The minimum atomic E-state index is -0.643. The quantitative estimate of drug-likeness (QED) is 0.648. The third-order valence-corrected chi connectivity index (χ3v) is 3.02. The summed E-state index contributed by atoms with van der Waals surface area (Å²) in [6.45, 7) is 1.98. The fourth-order valence-electron chi connectivity index (χ4n) is 1.65. The zero-order chi connectivity index (χ0) is 16.7. The van der Waals surface area contributed by atoms with Gasteiger partial charge in [-0.15, -0.1) is 0 Å². The zero-order valence-electron chi connectivity index (χ0n) is 12.5.